The van der Waals surface area contributed by atoms with Crippen LogP contribution in [0, 0.1) is 11.3 Å². The summed E-state index contributed by atoms with van der Waals surface area (Å²) < 4.78 is 0. The van der Waals surface area contributed by atoms with Crippen molar-refractivity contribution in [3.8, 4) is 23.3 Å². The van der Waals surface area contributed by atoms with Crippen molar-refractivity contribution >= 4 is 12.0 Å². The number of hydrogen-bond acceptors (Lipinski definition) is 5. The van der Waals surface area contributed by atoms with Crippen molar-refractivity contribution in [3.63, 3.8) is 0 Å². The van der Waals surface area contributed by atoms with Gasteiger partial charge in [0.05, 0.1) is 0 Å². The molecule has 1 amide bonds. The largest absolute Gasteiger partial charge is 0.508 e. The number of carbonyl (C=O) groups is 1. The van der Waals surface area contributed by atoms with Gasteiger partial charge in [0.1, 0.15) is 17.4 Å². The molecule has 0 fully saturated rings. The highest BCUT2D eigenvalue weighted by Crippen LogP contribution is 2.25. The predicted molar refractivity (Wildman–Crippen MR) is 88.2 cm³/mol. The Hall–Kier alpha value is -3.46. The zero-order valence-corrected chi connectivity index (χ0v) is 12.7. The van der Waals surface area contributed by atoms with E-state index >= 15 is 0 Å². The lowest BCUT2D eigenvalue weighted by molar-refractivity contribution is -0.117. The summed E-state index contributed by atoms with van der Waals surface area (Å²) in [6.07, 6.45) is 1.89. The molecule has 0 saturated carbocycles. The molecular formula is C18H16N2O4. The van der Waals surface area contributed by atoms with Crippen LogP contribution in [-0.4, -0.2) is 27.8 Å². The van der Waals surface area contributed by atoms with Gasteiger partial charge in [-0.3, -0.25) is 4.79 Å². The minimum absolute atomic E-state index is 0.106. The van der Waals surface area contributed by atoms with E-state index in [1.165, 1.54) is 24.3 Å². The maximum absolute atomic E-state index is 12.0. The Kier molecular flexibility index (Phi) is 5.42. The second-order valence-corrected chi connectivity index (χ2v) is 5.09. The van der Waals surface area contributed by atoms with Gasteiger partial charge in [-0.15, -0.1) is 0 Å². The van der Waals surface area contributed by atoms with Crippen LogP contribution in [0.5, 0.6) is 17.2 Å². The van der Waals surface area contributed by atoms with Crippen LogP contribution in [0.25, 0.3) is 6.08 Å². The molecular weight excluding hydrogens is 308 g/mol. The lowest BCUT2D eigenvalue weighted by atomic mass is 10.1. The number of benzene rings is 2. The molecule has 0 atom stereocenters. The minimum atomic E-state index is -0.524. The third kappa shape index (κ3) is 4.52. The van der Waals surface area contributed by atoms with Crippen molar-refractivity contribution in [3.05, 3.63) is 59.2 Å². The van der Waals surface area contributed by atoms with Crippen LogP contribution in [0.15, 0.2) is 48.0 Å². The summed E-state index contributed by atoms with van der Waals surface area (Å²) in [7, 11) is 0. The second-order valence-electron chi connectivity index (χ2n) is 5.09. The summed E-state index contributed by atoms with van der Waals surface area (Å²) in [5.41, 5.74) is 1.26. The van der Waals surface area contributed by atoms with Crippen LogP contribution in [0.3, 0.4) is 0 Å². The first-order chi connectivity index (χ1) is 11.5. The molecule has 2 aromatic rings. The zero-order valence-electron chi connectivity index (χ0n) is 12.7. The topological polar surface area (TPSA) is 114 Å². The van der Waals surface area contributed by atoms with Crippen molar-refractivity contribution in [1.82, 2.24) is 5.32 Å². The fourth-order valence-corrected chi connectivity index (χ4v) is 2.02. The molecule has 0 radical (unpaired) electrons. The van der Waals surface area contributed by atoms with Gasteiger partial charge in [-0.2, -0.15) is 5.26 Å². The summed E-state index contributed by atoms with van der Waals surface area (Å²) in [5.74, 6) is -0.948. The summed E-state index contributed by atoms with van der Waals surface area (Å²) >= 11 is 0. The van der Waals surface area contributed by atoms with E-state index in [2.05, 4.69) is 5.32 Å². The van der Waals surface area contributed by atoms with Gasteiger partial charge in [0.25, 0.3) is 5.91 Å². The summed E-state index contributed by atoms with van der Waals surface area (Å²) in [6, 6.07) is 12.5. The molecule has 0 aliphatic heterocycles. The highest BCUT2D eigenvalue weighted by Gasteiger charge is 2.09. The van der Waals surface area contributed by atoms with Crippen molar-refractivity contribution < 1.29 is 20.1 Å². The molecule has 4 N–H and O–H groups in total. The molecule has 2 rings (SSSR count). The first-order valence-electron chi connectivity index (χ1n) is 7.19. The minimum Gasteiger partial charge on any atom is -0.508 e. The molecule has 0 unspecified atom stereocenters. The fourth-order valence-electron chi connectivity index (χ4n) is 2.02. The van der Waals surface area contributed by atoms with Gasteiger partial charge >= 0.3 is 0 Å². The molecule has 0 bridgehead atoms. The first-order valence-corrected chi connectivity index (χ1v) is 7.19. The average molecular weight is 324 g/mol. The van der Waals surface area contributed by atoms with Crippen LogP contribution < -0.4 is 5.32 Å². The Balaban J connectivity index is 1.98. The Morgan fingerprint density at radius 1 is 1.08 bits per heavy atom. The van der Waals surface area contributed by atoms with Crippen molar-refractivity contribution in [1.29, 1.82) is 5.26 Å². The maximum atomic E-state index is 12.0. The highest BCUT2D eigenvalue weighted by molar-refractivity contribution is 6.01. The normalized spacial score (nSPS) is 10.9. The number of nitriles is 1. The van der Waals surface area contributed by atoms with Gasteiger partial charge in [0.15, 0.2) is 11.5 Å². The monoisotopic (exact) mass is 324 g/mol. The fraction of sp³-hybridized carbons (Fsp3) is 0.111. The number of nitrogens with zero attached hydrogens (tertiary/aromatic N) is 1. The molecule has 6 nitrogen and oxygen atoms in total. The van der Waals surface area contributed by atoms with E-state index < -0.39 is 5.91 Å². The lowest BCUT2D eigenvalue weighted by Gasteiger charge is -2.05. The summed E-state index contributed by atoms with van der Waals surface area (Å²) in [5, 5.41) is 39.6. The van der Waals surface area contributed by atoms with Gasteiger partial charge in [-0.1, -0.05) is 18.2 Å². The molecule has 0 aliphatic rings. The van der Waals surface area contributed by atoms with Gasteiger partial charge in [0.2, 0.25) is 0 Å². The van der Waals surface area contributed by atoms with Crippen LogP contribution in [0.1, 0.15) is 11.1 Å². The summed E-state index contributed by atoms with van der Waals surface area (Å²) in [4.78, 5) is 12.0. The van der Waals surface area contributed by atoms with Crippen LogP contribution in [0.4, 0.5) is 0 Å². The number of phenolic OH excluding ortho intramolecular Hbond substituents is 3. The number of hydrogen-bond donors (Lipinski definition) is 4. The van der Waals surface area contributed by atoms with Crippen molar-refractivity contribution in [2.45, 2.75) is 6.42 Å². The Morgan fingerprint density at radius 2 is 1.79 bits per heavy atom. The number of rotatable bonds is 5. The Labute approximate surface area is 138 Å². The van der Waals surface area contributed by atoms with Gasteiger partial charge in [-0.05, 0) is 47.9 Å². The molecule has 24 heavy (non-hydrogen) atoms. The van der Waals surface area contributed by atoms with E-state index in [0.717, 1.165) is 5.56 Å². The number of amides is 1. The lowest BCUT2D eigenvalue weighted by Crippen LogP contribution is -2.26. The SMILES string of the molecule is N#C/C(=C\c1ccc(O)c(O)c1)C(=O)NCCc1ccc(O)cc1. The van der Waals surface area contributed by atoms with E-state index in [-0.39, 0.29) is 22.8 Å². The van der Waals surface area contributed by atoms with E-state index in [1.54, 1.807) is 24.3 Å². The number of nitrogens with one attached hydrogen (secondary N) is 1. The molecule has 6 heteroatoms. The van der Waals surface area contributed by atoms with Gasteiger partial charge < -0.3 is 20.6 Å². The third-order valence-electron chi connectivity index (χ3n) is 3.31. The predicted octanol–water partition coefficient (Wildman–Crippen LogP) is 2.07. The second kappa shape index (κ2) is 7.70. The Bertz CT molecular complexity index is 805. The number of aromatic hydroxyl groups is 3. The Morgan fingerprint density at radius 3 is 2.42 bits per heavy atom. The quantitative estimate of drug-likeness (QED) is 0.382. The van der Waals surface area contributed by atoms with E-state index in [9.17, 15) is 20.1 Å². The van der Waals surface area contributed by atoms with Crippen LogP contribution >= 0.6 is 0 Å². The standard InChI is InChI=1S/C18H16N2O4/c19-11-14(9-13-3-6-16(22)17(23)10-13)18(24)20-8-7-12-1-4-15(21)5-2-12/h1-6,9-10,21-23H,7-8H2,(H,20,24)/b14-9+. The van der Waals surface area contributed by atoms with E-state index in [0.29, 0.717) is 18.5 Å². The molecule has 122 valence electrons. The first kappa shape index (κ1) is 16.9. The number of carbonyl (C=O) groups excluding carboxylic acids is 1. The number of phenols is 3. The van der Waals surface area contributed by atoms with Crippen molar-refractivity contribution in [2.24, 2.45) is 0 Å². The maximum Gasteiger partial charge on any atom is 0.261 e. The summed E-state index contributed by atoms with van der Waals surface area (Å²) in [6.45, 7) is 0.337. The van der Waals surface area contributed by atoms with Crippen molar-refractivity contribution in [2.75, 3.05) is 6.54 Å². The van der Waals surface area contributed by atoms with Gasteiger partial charge in [0, 0.05) is 6.54 Å². The molecule has 0 saturated heterocycles. The van der Waals surface area contributed by atoms with E-state index in [4.69, 9.17) is 5.26 Å². The molecule has 0 aromatic heterocycles. The zero-order chi connectivity index (χ0) is 17.5. The highest BCUT2D eigenvalue weighted by atomic mass is 16.3. The van der Waals surface area contributed by atoms with Crippen LogP contribution in [0.2, 0.25) is 0 Å². The van der Waals surface area contributed by atoms with E-state index in [1.807, 2.05) is 6.07 Å². The molecule has 0 spiro atoms. The molecule has 2 aromatic carbocycles. The molecule has 0 heterocycles. The van der Waals surface area contributed by atoms with Gasteiger partial charge in [-0.25, -0.2) is 0 Å². The smallest absolute Gasteiger partial charge is 0.261 e. The third-order valence-corrected chi connectivity index (χ3v) is 3.31. The average Bonchev–Trinajstić information content (AvgIpc) is 2.57. The van der Waals surface area contributed by atoms with Crippen LogP contribution in [-0.2, 0) is 11.2 Å². The molecule has 0 aliphatic carbocycles.